The molecule has 0 radical (unpaired) electrons. The van der Waals surface area contributed by atoms with E-state index in [1.54, 1.807) is 17.0 Å². The van der Waals surface area contributed by atoms with E-state index in [4.69, 9.17) is 4.42 Å². The molecule has 2 aromatic rings. The second-order valence-corrected chi connectivity index (χ2v) is 6.63. The summed E-state index contributed by atoms with van der Waals surface area (Å²) in [7, 11) is 0. The lowest BCUT2D eigenvalue weighted by Gasteiger charge is -2.17. The average molecular weight is 398 g/mol. The first-order valence-electron chi connectivity index (χ1n) is 9.27. The first-order valence-corrected chi connectivity index (χ1v) is 9.27. The zero-order valence-corrected chi connectivity index (χ0v) is 15.9. The van der Waals surface area contributed by atoms with Crippen LogP contribution in [0.5, 0.6) is 0 Å². The van der Waals surface area contributed by atoms with Gasteiger partial charge in [0.25, 0.3) is 0 Å². The van der Waals surface area contributed by atoms with Gasteiger partial charge in [-0.15, -0.1) is 0 Å². The molecule has 2 heterocycles. The number of nitrogens with zero attached hydrogens (tertiary/aromatic N) is 1. The number of rotatable bonds is 5. The Kier molecular flexibility index (Phi) is 6.28. The van der Waals surface area contributed by atoms with Crippen LogP contribution < -0.4 is 21.1 Å². The lowest BCUT2D eigenvalue weighted by Crippen LogP contribution is -2.50. The predicted molar refractivity (Wildman–Crippen MR) is 103 cm³/mol. The lowest BCUT2D eigenvalue weighted by molar-refractivity contribution is -0.141. The van der Waals surface area contributed by atoms with Gasteiger partial charge in [0, 0.05) is 18.7 Å². The van der Waals surface area contributed by atoms with Crippen molar-refractivity contribution in [2.45, 2.75) is 26.3 Å². The third-order valence-corrected chi connectivity index (χ3v) is 4.66. The largest absolute Gasteiger partial charge is 0.467 e. The van der Waals surface area contributed by atoms with Crippen LogP contribution in [0.4, 0.5) is 5.69 Å². The van der Waals surface area contributed by atoms with Crippen molar-refractivity contribution in [2.24, 2.45) is 5.92 Å². The Morgan fingerprint density at radius 3 is 2.52 bits per heavy atom. The van der Waals surface area contributed by atoms with Crippen molar-refractivity contribution in [3.8, 4) is 0 Å². The van der Waals surface area contributed by atoms with Crippen molar-refractivity contribution < 1.29 is 23.6 Å². The molecule has 0 spiro atoms. The van der Waals surface area contributed by atoms with Gasteiger partial charge in [-0.3, -0.25) is 30.0 Å². The summed E-state index contributed by atoms with van der Waals surface area (Å²) in [6.45, 7) is 2.30. The molecular formula is C20H22N4O5. The van der Waals surface area contributed by atoms with Gasteiger partial charge in [-0.25, -0.2) is 0 Å². The van der Waals surface area contributed by atoms with E-state index >= 15 is 0 Å². The minimum absolute atomic E-state index is 0.0297. The Morgan fingerprint density at radius 2 is 1.86 bits per heavy atom. The molecule has 3 N–H and O–H groups in total. The number of carbonyl (C=O) groups is 4. The van der Waals surface area contributed by atoms with E-state index in [9.17, 15) is 19.2 Å². The van der Waals surface area contributed by atoms with Crippen molar-refractivity contribution >= 4 is 29.3 Å². The first kappa shape index (κ1) is 20.1. The van der Waals surface area contributed by atoms with Crippen molar-refractivity contribution in [3.05, 3.63) is 54.0 Å². The minimum atomic E-state index is -1.01. The standard InChI is InChI=1S/C20H22N4O5/c1-2-13-5-7-15(8-6-13)24-12-14(10-17(24)25)18(26)22-23-20(28)19(27)21-11-16-4-3-9-29-16/h3-9,14H,2,10-12H2,1H3,(H,21,27)(H,22,26)(H,23,28)/t14-/m0/s1. The molecule has 1 aromatic heterocycles. The van der Waals surface area contributed by atoms with Crippen LogP contribution in [0.1, 0.15) is 24.7 Å². The average Bonchev–Trinajstić information content (AvgIpc) is 3.39. The zero-order chi connectivity index (χ0) is 20.8. The fraction of sp³-hybridized carbons (Fsp3) is 0.300. The monoisotopic (exact) mass is 398 g/mol. The van der Waals surface area contributed by atoms with Crippen LogP contribution in [0, 0.1) is 5.92 Å². The second kappa shape index (κ2) is 9.05. The van der Waals surface area contributed by atoms with E-state index in [1.807, 2.05) is 31.2 Å². The molecule has 29 heavy (non-hydrogen) atoms. The van der Waals surface area contributed by atoms with E-state index in [0.717, 1.165) is 17.7 Å². The number of amides is 4. The molecule has 0 saturated carbocycles. The van der Waals surface area contributed by atoms with Gasteiger partial charge in [0.2, 0.25) is 11.8 Å². The van der Waals surface area contributed by atoms with Gasteiger partial charge in [0.15, 0.2) is 0 Å². The molecule has 152 valence electrons. The predicted octanol–water partition coefficient (Wildman–Crippen LogP) is 0.659. The third-order valence-electron chi connectivity index (χ3n) is 4.66. The van der Waals surface area contributed by atoms with E-state index in [-0.39, 0.29) is 25.4 Å². The molecule has 3 rings (SSSR count). The van der Waals surface area contributed by atoms with Crippen LogP contribution in [0.25, 0.3) is 0 Å². The highest BCUT2D eigenvalue weighted by Gasteiger charge is 2.35. The van der Waals surface area contributed by atoms with E-state index in [1.165, 1.54) is 6.26 Å². The molecule has 1 atom stereocenters. The smallest absolute Gasteiger partial charge is 0.327 e. The van der Waals surface area contributed by atoms with Gasteiger partial charge in [-0.05, 0) is 36.2 Å². The highest BCUT2D eigenvalue weighted by atomic mass is 16.3. The number of benzene rings is 1. The molecule has 0 aliphatic carbocycles. The summed E-state index contributed by atoms with van der Waals surface area (Å²) in [4.78, 5) is 49.6. The van der Waals surface area contributed by atoms with Gasteiger partial charge >= 0.3 is 11.8 Å². The van der Waals surface area contributed by atoms with E-state index in [2.05, 4.69) is 16.2 Å². The molecule has 4 amide bonds. The molecular weight excluding hydrogens is 376 g/mol. The maximum atomic E-state index is 12.3. The number of furan rings is 1. The number of hydrazine groups is 1. The van der Waals surface area contributed by atoms with Gasteiger partial charge in [-0.1, -0.05) is 19.1 Å². The van der Waals surface area contributed by atoms with Crippen molar-refractivity contribution in [2.75, 3.05) is 11.4 Å². The van der Waals surface area contributed by atoms with Crippen LogP contribution in [0.3, 0.4) is 0 Å². The van der Waals surface area contributed by atoms with Crippen LogP contribution in [-0.2, 0) is 32.1 Å². The Bertz CT molecular complexity index is 892. The van der Waals surface area contributed by atoms with E-state index in [0.29, 0.717) is 5.76 Å². The van der Waals surface area contributed by atoms with Crippen LogP contribution in [-0.4, -0.2) is 30.2 Å². The van der Waals surface area contributed by atoms with Gasteiger partial charge in [0.05, 0.1) is 18.7 Å². The Balaban J connectivity index is 1.47. The summed E-state index contributed by atoms with van der Waals surface area (Å²) in [6, 6.07) is 10.9. The summed E-state index contributed by atoms with van der Waals surface area (Å²) in [5, 5.41) is 2.36. The molecule has 0 bridgehead atoms. The van der Waals surface area contributed by atoms with Crippen molar-refractivity contribution in [1.29, 1.82) is 0 Å². The topological polar surface area (TPSA) is 121 Å². The molecule has 1 aliphatic heterocycles. The fourth-order valence-corrected chi connectivity index (χ4v) is 2.98. The summed E-state index contributed by atoms with van der Waals surface area (Å²) in [5.74, 6) is -2.76. The first-order chi connectivity index (χ1) is 14.0. The molecule has 1 aliphatic rings. The number of hydrogen-bond acceptors (Lipinski definition) is 5. The number of nitrogens with one attached hydrogen (secondary N) is 3. The van der Waals surface area contributed by atoms with Crippen LogP contribution in [0.15, 0.2) is 47.1 Å². The van der Waals surface area contributed by atoms with Crippen LogP contribution in [0.2, 0.25) is 0 Å². The Morgan fingerprint density at radius 1 is 1.10 bits per heavy atom. The number of hydrogen-bond donors (Lipinski definition) is 3. The van der Waals surface area contributed by atoms with Crippen molar-refractivity contribution in [1.82, 2.24) is 16.2 Å². The lowest BCUT2D eigenvalue weighted by atomic mass is 10.1. The minimum Gasteiger partial charge on any atom is -0.467 e. The highest BCUT2D eigenvalue weighted by Crippen LogP contribution is 2.25. The normalized spacial score (nSPS) is 15.8. The van der Waals surface area contributed by atoms with Gasteiger partial charge < -0.3 is 14.6 Å². The fourth-order valence-electron chi connectivity index (χ4n) is 2.98. The quantitative estimate of drug-likeness (QED) is 0.505. The zero-order valence-electron chi connectivity index (χ0n) is 15.9. The van der Waals surface area contributed by atoms with Crippen LogP contribution >= 0.6 is 0 Å². The van der Waals surface area contributed by atoms with Gasteiger partial charge in [0.1, 0.15) is 5.76 Å². The van der Waals surface area contributed by atoms with E-state index < -0.39 is 23.6 Å². The SMILES string of the molecule is CCc1ccc(N2C[C@@H](C(=O)NNC(=O)C(=O)NCc3ccco3)CC2=O)cc1. The Hall–Kier alpha value is -3.62. The van der Waals surface area contributed by atoms with Gasteiger partial charge in [-0.2, -0.15) is 0 Å². The molecule has 1 aromatic carbocycles. The maximum Gasteiger partial charge on any atom is 0.327 e. The highest BCUT2D eigenvalue weighted by molar-refractivity contribution is 6.35. The molecule has 1 fully saturated rings. The molecule has 9 heteroatoms. The summed E-state index contributed by atoms with van der Waals surface area (Å²) in [6.07, 6.45) is 2.38. The summed E-state index contributed by atoms with van der Waals surface area (Å²) < 4.78 is 5.05. The third kappa shape index (κ3) is 5.01. The summed E-state index contributed by atoms with van der Waals surface area (Å²) in [5.41, 5.74) is 6.15. The summed E-state index contributed by atoms with van der Waals surface area (Å²) >= 11 is 0. The number of aryl methyl sites for hydroxylation is 1. The number of anilines is 1. The second-order valence-electron chi connectivity index (χ2n) is 6.63. The van der Waals surface area contributed by atoms with Crippen molar-refractivity contribution in [3.63, 3.8) is 0 Å². The Labute approximate surface area is 167 Å². The molecule has 1 saturated heterocycles. The maximum absolute atomic E-state index is 12.3. The molecule has 0 unspecified atom stereocenters. The molecule has 9 nitrogen and oxygen atoms in total. The number of carbonyl (C=O) groups excluding carboxylic acids is 4.